The van der Waals surface area contributed by atoms with Gasteiger partial charge in [0.15, 0.2) is 0 Å². The van der Waals surface area contributed by atoms with Crippen LogP contribution in [-0.4, -0.2) is 15.1 Å². The summed E-state index contributed by atoms with van der Waals surface area (Å²) >= 11 is 0. The molecule has 0 aromatic carbocycles. The Hall–Kier alpha value is -1.32. The van der Waals surface area contributed by atoms with Crippen molar-refractivity contribution in [3.63, 3.8) is 0 Å². The first-order valence-corrected chi connectivity index (χ1v) is 4.12. The summed E-state index contributed by atoms with van der Waals surface area (Å²) < 4.78 is 0. The third-order valence-electron chi connectivity index (χ3n) is 1.72. The van der Waals surface area contributed by atoms with E-state index in [0.717, 1.165) is 0 Å². The van der Waals surface area contributed by atoms with Gasteiger partial charge >= 0.3 is 0 Å². The van der Waals surface area contributed by atoms with E-state index in [1.165, 1.54) is 0 Å². The molecule has 1 rings (SSSR count). The van der Waals surface area contributed by atoms with E-state index in [2.05, 4.69) is 9.97 Å². The van der Waals surface area contributed by atoms with Gasteiger partial charge in [-0.2, -0.15) is 0 Å². The molecule has 0 saturated heterocycles. The van der Waals surface area contributed by atoms with Crippen molar-refractivity contribution in [1.82, 2.24) is 9.97 Å². The Bertz CT molecular complexity index is 374. The maximum absolute atomic E-state index is 11.2. The number of nitrogens with one attached hydrogen (secondary N) is 1. The van der Waals surface area contributed by atoms with Gasteiger partial charge in [0.2, 0.25) is 5.75 Å². The summed E-state index contributed by atoms with van der Waals surface area (Å²) in [5.74, 6) is 0.242. The third-order valence-corrected chi connectivity index (χ3v) is 1.72. The van der Waals surface area contributed by atoms with Gasteiger partial charge in [0.1, 0.15) is 5.82 Å². The molecule has 72 valence electrons. The van der Waals surface area contributed by atoms with Crippen molar-refractivity contribution in [2.45, 2.75) is 33.1 Å². The van der Waals surface area contributed by atoms with Gasteiger partial charge in [-0.05, 0) is 6.92 Å². The van der Waals surface area contributed by atoms with Crippen molar-refractivity contribution >= 4 is 0 Å². The van der Waals surface area contributed by atoms with Crippen LogP contribution in [0.1, 0.15) is 32.3 Å². The van der Waals surface area contributed by atoms with Crippen molar-refractivity contribution in [3.8, 4) is 5.75 Å². The van der Waals surface area contributed by atoms with Gasteiger partial charge < -0.3 is 10.1 Å². The van der Waals surface area contributed by atoms with Crippen molar-refractivity contribution in [2.75, 3.05) is 0 Å². The summed E-state index contributed by atoms with van der Waals surface area (Å²) in [4.78, 5) is 17.7. The minimum Gasteiger partial charge on any atom is -0.502 e. The Balaban J connectivity index is 3.46. The number of hydrogen-bond donors (Lipinski definition) is 2. The minimum atomic E-state index is -0.475. The van der Waals surface area contributed by atoms with E-state index in [0.29, 0.717) is 11.5 Å². The zero-order valence-corrected chi connectivity index (χ0v) is 8.30. The van der Waals surface area contributed by atoms with E-state index in [4.69, 9.17) is 0 Å². The highest BCUT2D eigenvalue weighted by Crippen LogP contribution is 2.25. The van der Waals surface area contributed by atoms with Crippen LogP contribution in [0.25, 0.3) is 0 Å². The molecule has 0 aliphatic carbocycles. The van der Waals surface area contributed by atoms with Crippen LogP contribution in [0.4, 0.5) is 0 Å². The van der Waals surface area contributed by atoms with E-state index in [9.17, 15) is 9.90 Å². The molecule has 1 aromatic rings. The third kappa shape index (κ3) is 1.88. The van der Waals surface area contributed by atoms with Crippen LogP contribution in [0.3, 0.4) is 0 Å². The van der Waals surface area contributed by atoms with Crippen LogP contribution in [-0.2, 0) is 5.41 Å². The van der Waals surface area contributed by atoms with E-state index in [1.807, 2.05) is 20.8 Å². The number of nitrogens with zero attached hydrogens (tertiary/aromatic N) is 1. The number of rotatable bonds is 0. The Morgan fingerprint density at radius 3 is 2.38 bits per heavy atom. The SMILES string of the molecule is Cc1nc(C(C)(C)C)c(O)c(=O)[nH]1. The fourth-order valence-electron chi connectivity index (χ4n) is 1.10. The average Bonchev–Trinajstić information content (AvgIpc) is 1.94. The standard InChI is InChI=1S/C9H14N2O2/c1-5-10-7(9(2,3)4)6(12)8(13)11-5/h12H,1-4H3,(H,10,11,13). The van der Waals surface area contributed by atoms with Crippen molar-refractivity contribution in [3.05, 3.63) is 21.9 Å². The largest absolute Gasteiger partial charge is 0.502 e. The summed E-state index contributed by atoms with van der Waals surface area (Å²) in [5, 5.41) is 9.45. The first-order valence-electron chi connectivity index (χ1n) is 4.12. The molecular weight excluding hydrogens is 168 g/mol. The van der Waals surface area contributed by atoms with Crippen molar-refractivity contribution in [2.24, 2.45) is 0 Å². The predicted octanol–water partition coefficient (Wildman–Crippen LogP) is 1.08. The Labute approximate surface area is 76.7 Å². The molecule has 4 heteroatoms. The molecule has 0 saturated carbocycles. The lowest BCUT2D eigenvalue weighted by Crippen LogP contribution is -2.21. The van der Waals surface area contributed by atoms with Gasteiger partial charge in [-0.3, -0.25) is 4.79 Å². The molecule has 0 amide bonds. The van der Waals surface area contributed by atoms with Gasteiger partial charge in [0, 0.05) is 5.41 Å². The molecule has 0 unspecified atom stereocenters. The maximum atomic E-state index is 11.2. The number of hydrogen-bond acceptors (Lipinski definition) is 3. The fraction of sp³-hybridized carbons (Fsp3) is 0.556. The van der Waals surface area contributed by atoms with Crippen molar-refractivity contribution < 1.29 is 5.11 Å². The van der Waals surface area contributed by atoms with E-state index in [1.54, 1.807) is 6.92 Å². The van der Waals surface area contributed by atoms with Crippen LogP contribution >= 0.6 is 0 Å². The summed E-state index contributed by atoms with van der Waals surface area (Å²) in [7, 11) is 0. The summed E-state index contributed by atoms with van der Waals surface area (Å²) in [6.45, 7) is 7.38. The second-order valence-electron chi connectivity index (χ2n) is 4.10. The molecule has 1 aromatic heterocycles. The monoisotopic (exact) mass is 182 g/mol. The zero-order chi connectivity index (χ0) is 10.2. The lowest BCUT2D eigenvalue weighted by molar-refractivity contribution is 0.427. The summed E-state index contributed by atoms with van der Waals surface area (Å²) in [5.41, 5.74) is -0.352. The molecule has 13 heavy (non-hydrogen) atoms. The van der Waals surface area contributed by atoms with Crippen molar-refractivity contribution in [1.29, 1.82) is 0 Å². The number of aromatic hydroxyl groups is 1. The second kappa shape index (κ2) is 2.87. The molecule has 0 bridgehead atoms. The Kier molecular flexibility index (Phi) is 2.15. The normalized spacial score (nSPS) is 11.7. The number of H-pyrrole nitrogens is 1. The maximum Gasteiger partial charge on any atom is 0.293 e. The topological polar surface area (TPSA) is 66.0 Å². The molecule has 0 radical (unpaired) electrons. The zero-order valence-electron chi connectivity index (χ0n) is 8.30. The van der Waals surface area contributed by atoms with E-state index < -0.39 is 5.56 Å². The van der Waals surface area contributed by atoms with Gasteiger partial charge in [-0.1, -0.05) is 20.8 Å². The molecule has 0 aliphatic rings. The molecule has 2 N–H and O–H groups in total. The molecule has 0 atom stereocenters. The first kappa shape index (κ1) is 9.77. The molecule has 1 heterocycles. The van der Waals surface area contributed by atoms with E-state index in [-0.39, 0.29) is 11.2 Å². The minimum absolute atomic E-state index is 0.280. The van der Waals surface area contributed by atoms with Crippen LogP contribution in [0.5, 0.6) is 5.75 Å². The second-order valence-corrected chi connectivity index (χ2v) is 4.10. The quantitative estimate of drug-likeness (QED) is 0.631. The predicted molar refractivity (Wildman–Crippen MR) is 50.0 cm³/mol. The average molecular weight is 182 g/mol. The summed E-state index contributed by atoms with van der Waals surface area (Å²) in [6, 6.07) is 0. The van der Waals surface area contributed by atoms with Gasteiger partial charge in [-0.15, -0.1) is 0 Å². The van der Waals surface area contributed by atoms with Crippen LogP contribution in [0.15, 0.2) is 4.79 Å². The Morgan fingerprint density at radius 2 is 1.92 bits per heavy atom. The summed E-state index contributed by atoms with van der Waals surface area (Å²) in [6.07, 6.45) is 0. The van der Waals surface area contributed by atoms with Gasteiger partial charge in [0.25, 0.3) is 5.56 Å². The molecular formula is C9H14N2O2. The number of aromatic nitrogens is 2. The fourth-order valence-corrected chi connectivity index (χ4v) is 1.10. The number of aryl methyl sites for hydroxylation is 1. The number of aromatic amines is 1. The highest BCUT2D eigenvalue weighted by molar-refractivity contribution is 5.28. The highest BCUT2D eigenvalue weighted by atomic mass is 16.3. The molecule has 0 fully saturated rings. The van der Waals surface area contributed by atoms with Gasteiger partial charge in [0.05, 0.1) is 5.69 Å². The highest BCUT2D eigenvalue weighted by Gasteiger charge is 2.22. The lowest BCUT2D eigenvalue weighted by Gasteiger charge is -2.18. The van der Waals surface area contributed by atoms with E-state index >= 15 is 0 Å². The first-order chi connectivity index (χ1) is 5.82. The lowest BCUT2D eigenvalue weighted by atomic mass is 9.91. The smallest absolute Gasteiger partial charge is 0.293 e. The molecule has 0 aliphatic heterocycles. The van der Waals surface area contributed by atoms with Crippen LogP contribution in [0.2, 0.25) is 0 Å². The Morgan fingerprint density at radius 1 is 1.38 bits per heavy atom. The van der Waals surface area contributed by atoms with Crippen LogP contribution in [0, 0.1) is 6.92 Å². The molecule has 4 nitrogen and oxygen atoms in total. The van der Waals surface area contributed by atoms with Crippen LogP contribution < -0.4 is 5.56 Å². The molecule has 0 spiro atoms. The van der Waals surface area contributed by atoms with Gasteiger partial charge in [-0.25, -0.2) is 4.98 Å².